The molecule has 72 valence electrons. The van der Waals surface area contributed by atoms with E-state index < -0.39 is 12.1 Å². The van der Waals surface area contributed by atoms with Gasteiger partial charge in [-0.15, -0.1) is 0 Å². The largest absolute Gasteiger partial charge is 0.481 e. The van der Waals surface area contributed by atoms with Crippen LogP contribution in [0.25, 0.3) is 0 Å². The van der Waals surface area contributed by atoms with Gasteiger partial charge < -0.3 is 10.2 Å². The maximum atomic E-state index is 10.4. The van der Waals surface area contributed by atoms with Crippen LogP contribution in [0.2, 0.25) is 0 Å². The van der Waals surface area contributed by atoms with Gasteiger partial charge in [-0.25, -0.2) is 0 Å². The lowest BCUT2D eigenvalue weighted by molar-refractivity contribution is -0.140. The van der Waals surface area contributed by atoms with Crippen LogP contribution < -0.4 is 0 Å². The molecule has 0 radical (unpaired) electrons. The lowest BCUT2D eigenvalue weighted by Gasteiger charge is -2.22. The molecule has 2 aliphatic carbocycles. The van der Waals surface area contributed by atoms with E-state index in [4.69, 9.17) is 5.11 Å². The van der Waals surface area contributed by atoms with E-state index in [2.05, 4.69) is 12.2 Å². The topological polar surface area (TPSA) is 57.5 Å². The van der Waals surface area contributed by atoms with Crippen molar-refractivity contribution in [1.82, 2.24) is 0 Å². The Bertz CT molecular complexity index is 247. The number of aliphatic carboxylic acids is 1. The van der Waals surface area contributed by atoms with Crippen molar-refractivity contribution in [3.63, 3.8) is 0 Å². The molecule has 0 saturated heterocycles. The summed E-state index contributed by atoms with van der Waals surface area (Å²) in [5, 5.41) is 18.2. The normalized spacial score (nSPS) is 38.1. The molecule has 0 amide bonds. The standard InChI is InChI=1S/C10H14O3/c11-9(5-10(12)13)8-4-6-1-2-7(8)3-6/h1-2,6-9,11H,3-5H2,(H,12,13)/t6?,7?,8?,9-/m1/s1. The number of hydrogen-bond donors (Lipinski definition) is 2. The summed E-state index contributed by atoms with van der Waals surface area (Å²) < 4.78 is 0. The molecule has 2 N–H and O–H groups in total. The van der Waals surface area contributed by atoms with E-state index in [0.717, 1.165) is 12.8 Å². The first-order chi connectivity index (χ1) is 6.16. The molecule has 1 saturated carbocycles. The molecule has 1 fully saturated rings. The molecule has 2 bridgehead atoms. The lowest BCUT2D eigenvalue weighted by atomic mass is 9.87. The number of aliphatic hydroxyl groups excluding tert-OH is 1. The number of carboxylic acids is 1. The molecule has 4 atom stereocenters. The van der Waals surface area contributed by atoms with Crippen molar-refractivity contribution in [2.75, 3.05) is 0 Å². The Labute approximate surface area is 77.1 Å². The van der Waals surface area contributed by atoms with Gasteiger partial charge in [0.05, 0.1) is 12.5 Å². The summed E-state index contributed by atoms with van der Waals surface area (Å²) in [6.45, 7) is 0. The van der Waals surface area contributed by atoms with E-state index in [1.165, 1.54) is 0 Å². The van der Waals surface area contributed by atoms with Crippen LogP contribution in [0.15, 0.2) is 12.2 Å². The van der Waals surface area contributed by atoms with Crippen molar-refractivity contribution in [3.05, 3.63) is 12.2 Å². The fraction of sp³-hybridized carbons (Fsp3) is 0.700. The number of carbonyl (C=O) groups is 1. The molecule has 2 aliphatic rings. The molecule has 0 aromatic rings. The third-order valence-electron chi connectivity index (χ3n) is 3.21. The van der Waals surface area contributed by atoms with Crippen LogP contribution >= 0.6 is 0 Å². The van der Waals surface area contributed by atoms with Crippen molar-refractivity contribution < 1.29 is 15.0 Å². The van der Waals surface area contributed by atoms with Crippen LogP contribution in [-0.4, -0.2) is 22.3 Å². The van der Waals surface area contributed by atoms with Crippen LogP contribution in [0.5, 0.6) is 0 Å². The quantitative estimate of drug-likeness (QED) is 0.641. The minimum atomic E-state index is -0.903. The second kappa shape index (κ2) is 3.14. The van der Waals surface area contributed by atoms with Gasteiger partial charge >= 0.3 is 5.97 Å². The molecule has 3 nitrogen and oxygen atoms in total. The second-order valence-electron chi connectivity index (χ2n) is 4.11. The summed E-state index contributed by atoms with van der Waals surface area (Å²) in [4.78, 5) is 10.4. The summed E-state index contributed by atoms with van der Waals surface area (Å²) in [6, 6.07) is 0. The maximum absolute atomic E-state index is 10.4. The Morgan fingerprint density at radius 2 is 2.23 bits per heavy atom. The zero-order valence-corrected chi connectivity index (χ0v) is 7.39. The number of aliphatic hydroxyl groups is 1. The van der Waals surface area contributed by atoms with Crippen molar-refractivity contribution in [3.8, 4) is 0 Å². The average Bonchev–Trinajstić information content (AvgIpc) is 2.62. The highest BCUT2D eigenvalue weighted by atomic mass is 16.4. The smallest absolute Gasteiger partial charge is 0.305 e. The number of carboxylic acid groups (broad SMARTS) is 1. The Morgan fingerprint density at radius 3 is 2.69 bits per heavy atom. The SMILES string of the molecule is O=C(O)C[C@@H](O)C1CC2C=CC1C2. The number of rotatable bonds is 3. The highest BCUT2D eigenvalue weighted by Gasteiger charge is 2.39. The summed E-state index contributed by atoms with van der Waals surface area (Å²) in [6.07, 6.45) is 5.63. The van der Waals surface area contributed by atoms with Gasteiger partial charge in [-0.05, 0) is 30.6 Å². The molecular formula is C10H14O3. The first kappa shape index (κ1) is 8.75. The van der Waals surface area contributed by atoms with E-state index in [-0.39, 0.29) is 12.3 Å². The molecule has 0 aliphatic heterocycles. The highest BCUT2D eigenvalue weighted by Crippen LogP contribution is 2.45. The third kappa shape index (κ3) is 1.61. The molecule has 13 heavy (non-hydrogen) atoms. The molecule has 0 aromatic carbocycles. The van der Waals surface area contributed by atoms with Gasteiger partial charge in [-0.3, -0.25) is 4.79 Å². The summed E-state index contributed by atoms with van der Waals surface area (Å²) in [7, 11) is 0. The molecular weight excluding hydrogens is 168 g/mol. The Kier molecular flexibility index (Phi) is 2.12. The summed E-state index contributed by atoms with van der Waals surface area (Å²) in [5.41, 5.74) is 0. The molecule has 0 spiro atoms. The van der Waals surface area contributed by atoms with Crippen LogP contribution in [0.1, 0.15) is 19.3 Å². The molecule has 0 heterocycles. The maximum Gasteiger partial charge on any atom is 0.305 e. The van der Waals surface area contributed by atoms with E-state index >= 15 is 0 Å². The lowest BCUT2D eigenvalue weighted by Crippen LogP contribution is -2.26. The molecule has 3 unspecified atom stereocenters. The fourth-order valence-electron chi connectivity index (χ4n) is 2.60. The van der Waals surface area contributed by atoms with Crippen LogP contribution in [-0.2, 0) is 4.79 Å². The van der Waals surface area contributed by atoms with Gasteiger partial charge in [0, 0.05) is 0 Å². The average molecular weight is 182 g/mol. The van der Waals surface area contributed by atoms with E-state index in [0.29, 0.717) is 11.8 Å². The Balaban J connectivity index is 1.95. The second-order valence-corrected chi connectivity index (χ2v) is 4.11. The predicted octanol–water partition coefficient (Wildman–Crippen LogP) is 1.03. The number of allylic oxidation sites excluding steroid dienone is 2. The molecule has 3 heteroatoms. The van der Waals surface area contributed by atoms with Gasteiger partial charge in [0.15, 0.2) is 0 Å². The summed E-state index contributed by atoms with van der Waals surface area (Å²) in [5.74, 6) is 0.308. The van der Waals surface area contributed by atoms with Gasteiger partial charge in [-0.2, -0.15) is 0 Å². The van der Waals surface area contributed by atoms with E-state index in [1.54, 1.807) is 0 Å². The van der Waals surface area contributed by atoms with Gasteiger partial charge in [-0.1, -0.05) is 12.2 Å². The first-order valence-corrected chi connectivity index (χ1v) is 4.75. The molecule has 2 rings (SSSR count). The number of hydrogen-bond acceptors (Lipinski definition) is 2. The van der Waals surface area contributed by atoms with Gasteiger partial charge in [0.1, 0.15) is 0 Å². The van der Waals surface area contributed by atoms with E-state index in [1.807, 2.05) is 0 Å². The van der Waals surface area contributed by atoms with Crippen molar-refractivity contribution in [2.24, 2.45) is 17.8 Å². The van der Waals surface area contributed by atoms with Crippen molar-refractivity contribution >= 4 is 5.97 Å². The third-order valence-corrected chi connectivity index (χ3v) is 3.21. The van der Waals surface area contributed by atoms with Gasteiger partial charge in [0.2, 0.25) is 0 Å². The number of fused-ring (bicyclic) bond motifs is 2. The van der Waals surface area contributed by atoms with Crippen molar-refractivity contribution in [2.45, 2.75) is 25.4 Å². The predicted molar refractivity (Wildman–Crippen MR) is 47.1 cm³/mol. The Morgan fingerprint density at radius 1 is 1.46 bits per heavy atom. The Hall–Kier alpha value is -0.830. The minimum absolute atomic E-state index is 0.109. The van der Waals surface area contributed by atoms with Crippen molar-refractivity contribution in [1.29, 1.82) is 0 Å². The van der Waals surface area contributed by atoms with Crippen LogP contribution in [0.4, 0.5) is 0 Å². The fourth-order valence-corrected chi connectivity index (χ4v) is 2.60. The summed E-state index contributed by atoms with van der Waals surface area (Å²) >= 11 is 0. The van der Waals surface area contributed by atoms with Crippen LogP contribution in [0.3, 0.4) is 0 Å². The van der Waals surface area contributed by atoms with Gasteiger partial charge in [0.25, 0.3) is 0 Å². The molecule has 0 aromatic heterocycles. The van der Waals surface area contributed by atoms with E-state index in [9.17, 15) is 9.90 Å². The monoisotopic (exact) mass is 182 g/mol. The van der Waals surface area contributed by atoms with Crippen LogP contribution in [0, 0.1) is 17.8 Å². The minimum Gasteiger partial charge on any atom is -0.481 e. The highest BCUT2D eigenvalue weighted by molar-refractivity contribution is 5.67. The zero-order valence-electron chi connectivity index (χ0n) is 7.39. The zero-order chi connectivity index (χ0) is 9.42. The first-order valence-electron chi connectivity index (χ1n) is 4.75.